The minimum absolute atomic E-state index is 0.0234. The van der Waals surface area contributed by atoms with Crippen molar-refractivity contribution in [3.05, 3.63) is 109 Å². The fourth-order valence-corrected chi connectivity index (χ4v) is 5.72. The highest BCUT2D eigenvalue weighted by molar-refractivity contribution is 7.45. The summed E-state index contributed by atoms with van der Waals surface area (Å²) in [6.45, 7) is 3.69. The van der Waals surface area contributed by atoms with Crippen molar-refractivity contribution in [3.8, 4) is 0 Å². The molecule has 340 valence electrons. The third kappa shape index (κ3) is 41.3. The molecule has 0 aromatic rings. The maximum Gasteiger partial charge on any atom is 0.306 e. The van der Waals surface area contributed by atoms with Gasteiger partial charge >= 0.3 is 11.9 Å². The highest BCUT2D eigenvalue weighted by Gasteiger charge is 2.21. The van der Waals surface area contributed by atoms with Crippen LogP contribution in [0.5, 0.6) is 0 Å². The number of nitrogens with zero attached hydrogens (tertiary/aromatic N) is 1. The van der Waals surface area contributed by atoms with Crippen molar-refractivity contribution in [1.29, 1.82) is 0 Å². The number of allylic oxidation sites excluding steroid dienone is 14. The minimum atomic E-state index is -4.70. The molecule has 0 fully saturated rings. The van der Waals surface area contributed by atoms with E-state index in [2.05, 4.69) is 50.3 Å². The molecule has 2 N–H and O–H groups in total. The van der Waals surface area contributed by atoms with Gasteiger partial charge in [-0.15, -0.1) is 0 Å². The number of carbonyl (C=O) groups is 2. The minimum Gasteiger partial charge on any atom is -0.756 e. The van der Waals surface area contributed by atoms with Crippen LogP contribution in [0, 0.1) is 0 Å². The van der Waals surface area contributed by atoms with Gasteiger partial charge in [0.15, 0.2) is 6.10 Å². The number of esters is 2. The van der Waals surface area contributed by atoms with E-state index < -0.39 is 44.7 Å². The van der Waals surface area contributed by atoms with Gasteiger partial charge in [-0.05, 0) is 77.0 Å². The lowest BCUT2D eigenvalue weighted by atomic mass is 10.1. The number of carbonyl (C=O) groups excluding carboxylic acids is 2. The lowest BCUT2D eigenvalue weighted by molar-refractivity contribution is -0.870. The Balaban J connectivity index is 4.72. The molecule has 0 amide bonds. The number of hydrogen-bond donors (Lipinski definition) is 2. The summed E-state index contributed by atoms with van der Waals surface area (Å²) in [4.78, 5) is 37.5. The standard InChI is InChI=1S/C48H78NO10P/c1-6-8-10-11-12-13-14-15-16-17-18-19-23-26-32-38-47(52)56-42-46(43-58-60(54,55)57-41-40-49(3,4)5)59-48(53)39-33-27-31-37-45(51)36-30-25-22-20-21-24-29-35-44(50)34-28-9-7-2/h9,12-13,15-16,18-19,21-22,24-25,28-31,35-37,44-46,50-51H,6-8,10-11,14,17,20,23,26-27,32-34,38-43H2,1-5H3/b13-12-,16-15-,19-18-,24-21-,25-22-,28-9-,35-29+,36-30+,37-31-/t44-,45-,46+/m0/s1. The SMILES string of the molecule is CC/C=C\C[C@H](O)/C=C/C=C\C/C=C\C=C\[C@H](O)/C=C\CCCC(=O)O[C@H](COC(=O)CCCC/C=C\C/C=C\C/C=C\CCCCC)COP(=O)([O-])OCC[N+](C)(C)C. The predicted molar refractivity (Wildman–Crippen MR) is 243 cm³/mol. The number of hydrogen-bond acceptors (Lipinski definition) is 10. The molecule has 0 saturated carbocycles. The van der Waals surface area contributed by atoms with Crippen LogP contribution in [0.3, 0.4) is 0 Å². The molecule has 11 nitrogen and oxygen atoms in total. The third-order valence-electron chi connectivity index (χ3n) is 8.45. The molecule has 60 heavy (non-hydrogen) atoms. The molecular formula is C48H78NO10P. The van der Waals surface area contributed by atoms with E-state index in [-0.39, 0.29) is 26.1 Å². The zero-order valence-electron chi connectivity index (χ0n) is 37.3. The van der Waals surface area contributed by atoms with Gasteiger partial charge in [-0.1, -0.05) is 136 Å². The van der Waals surface area contributed by atoms with Gasteiger partial charge in [0.1, 0.15) is 19.8 Å². The largest absolute Gasteiger partial charge is 0.756 e. The van der Waals surface area contributed by atoms with Crippen LogP contribution >= 0.6 is 7.82 Å². The number of likely N-dealkylation sites (N-methyl/N-ethyl adjacent to an activating group) is 1. The van der Waals surface area contributed by atoms with Gasteiger partial charge in [0.05, 0.1) is 40.0 Å². The Hall–Kier alpha value is -3.41. The van der Waals surface area contributed by atoms with Crippen LogP contribution < -0.4 is 4.89 Å². The second-order valence-electron chi connectivity index (χ2n) is 15.4. The summed E-state index contributed by atoms with van der Waals surface area (Å²) >= 11 is 0. The van der Waals surface area contributed by atoms with E-state index in [9.17, 15) is 29.3 Å². The number of ether oxygens (including phenoxy) is 2. The molecule has 1 unspecified atom stereocenters. The number of aliphatic hydroxyl groups is 2. The lowest BCUT2D eigenvalue weighted by Crippen LogP contribution is -2.37. The van der Waals surface area contributed by atoms with Crippen molar-refractivity contribution in [1.82, 2.24) is 0 Å². The Kier molecular flexibility index (Phi) is 36.3. The number of quaternary nitrogens is 1. The third-order valence-corrected chi connectivity index (χ3v) is 9.42. The molecular weight excluding hydrogens is 781 g/mol. The average Bonchev–Trinajstić information content (AvgIpc) is 3.19. The van der Waals surface area contributed by atoms with Crippen molar-refractivity contribution in [2.75, 3.05) is 47.5 Å². The number of rotatable bonds is 37. The van der Waals surface area contributed by atoms with Crippen molar-refractivity contribution < 1.29 is 52.3 Å². The molecule has 0 aliphatic rings. The highest BCUT2D eigenvalue weighted by atomic mass is 31.2. The summed E-state index contributed by atoms with van der Waals surface area (Å²) in [6.07, 6.45) is 44.8. The molecule has 0 aromatic carbocycles. The zero-order chi connectivity index (χ0) is 44.6. The molecule has 0 aliphatic carbocycles. The predicted octanol–water partition coefficient (Wildman–Crippen LogP) is 9.66. The fourth-order valence-electron chi connectivity index (χ4n) is 4.99. The van der Waals surface area contributed by atoms with Crippen molar-refractivity contribution in [2.24, 2.45) is 0 Å². The average molecular weight is 860 g/mol. The van der Waals surface area contributed by atoms with Gasteiger partial charge in [-0.3, -0.25) is 14.2 Å². The van der Waals surface area contributed by atoms with Crippen molar-refractivity contribution in [3.63, 3.8) is 0 Å². The van der Waals surface area contributed by atoms with Gasteiger partial charge in [0, 0.05) is 12.8 Å². The van der Waals surface area contributed by atoms with Gasteiger partial charge < -0.3 is 38.1 Å². The Morgan fingerprint density at radius 1 is 0.650 bits per heavy atom. The number of phosphoric acid groups is 1. The molecule has 0 rings (SSSR count). The summed E-state index contributed by atoms with van der Waals surface area (Å²) in [7, 11) is 0.992. The molecule has 0 bridgehead atoms. The molecule has 0 aliphatic heterocycles. The zero-order valence-corrected chi connectivity index (χ0v) is 38.2. The van der Waals surface area contributed by atoms with Gasteiger partial charge in [0.25, 0.3) is 7.82 Å². The molecule has 0 saturated heterocycles. The van der Waals surface area contributed by atoms with Gasteiger partial charge in [0.2, 0.25) is 0 Å². The molecule has 12 heteroatoms. The fraction of sp³-hybridized carbons (Fsp3) is 0.583. The van der Waals surface area contributed by atoms with E-state index in [0.29, 0.717) is 43.1 Å². The summed E-state index contributed by atoms with van der Waals surface area (Å²) in [5.41, 5.74) is 0. The van der Waals surface area contributed by atoms with E-state index >= 15 is 0 Å². The molecule has 0 radical (unpaired) electrons. The normalized spacial score (nSPS) is 15.7. The van der Waals surface area contributed by atoms with Crippen LogP contribution in [0.4, 0.5) is 0 Å². The number of aliphatic hydroxyl groups excluding tert-OH is 2. The van der Waals surface area contributed by atoms with Crippen LogP contribution in [-0.4, -0.2) is 92.5 Å². The Morgan fingerprint density at radius 3 is 1.90 bits per heavy atom. The Labute approximate surface area is 362 Å². The maximum absolute atomic E-state index is 12.7. The summed E-state index contributed by atoms with van der Waals surface area (Å²) in [6, 6.07) is 0. The first-order chi connectivity index (χ1) is 28.8. The van der Waals surface area contributed by atoms with Gasteiger partial charge in [-0.25, -0.2) is 0 Å². The summed E-state index contributed by atoms with van der Waals surface area (Å²) in [5, 5.41) is 20.0. The summed E-state index contributed by atoms with van der Waals surface area (Å²) < 4.78 is 33.6. The molecule has 4 atom stereocenters. The molecule has 0 aromatic heterocycles. The molecule has 0 heterocycles. The highest BCUT2D eigenvalue weighted by Crippen LogP contribution is 2.38. The van der Waals surface area contributed by atoms with Crippen LogP contribution in [0.1, 0.15) is 117 Å². The maximum atomic E-state index is 12.7. The van der Waals surface area contributed by atoms with Crippen LogP contribution in [0.25, 0.3) is 0 Å². The van der Waals surface area contributed by atoms with E-state index in [0.717, 1.165) is 38.5 Å². The van der Waals surface area contributed by atoms with Gasteiger partial charge in [-0.2, -0.15) is 0 Å². The topological polar surface area (TPSA) is 152 Å². The van der Waals surface area contributed by atoms with E-state index in [4.69, 9.17) is 18.5 Å². The first-order valence-corrected chi connectivity index (χ1v) is 23.3. The number of phosphoric ester groups is 1. The molecule has 0 spiro atoms. The summed E-state index contributed by atoms with van der Waals surface area (Å²) in [5.74, 6) is -1.08. The first-order valence-electron chi connectivity index (χ1n) is 21.8. The second-order valence-corrected chi connectivity index (χ2v) is 16.8. The smallest absolute Gasteiger partial charge is 0.306 e. The monoisotopic (exact) mass is 860 g/mol. The lowest BCUT2D eigenvalue weighted by Gasteiger charge is -2.28. The number of unbranched alkanes of at least 4 members (excludes halogenated alkanes) is 6. The first kappa shape index (κ1) is 56.6. The van der Waals surface area contributed by atoms with E-state index in [1.807, 2.05) is 63.7 Å². The van der Waals surface area contributed by atoms with E-state index in [1.165, 1.54) is 19.3 Å². The Bertz CT molecular complexity index is 1420. The van der Waals surface area contributed by atoms with Crippen LogP contribution in [-0.2, 0) is 32.7 Å². The quantitative estimate of drug-likeness (QED) is 0.0154. The van der Waals surface area contributed by atoms with E-state index in [1.54, 1.807) is 30.4 Å². The Morgan fingerprint density at radius 2 is 1.25 bits per heavy atom. The van der Waals surface area contributed by atoms with Crippen molar-refractivity contribution in [2.45, 2.75) is 135 Å². The second kappa shape index (κ2) is 38.5. The van der Waals surface area contributed by atoms with Crippen LogP contribution in [0.2, 0.25) is 0 Å². The van der Waals surface area contributed by atoms with Crippen molar-refractivity contribution >= 4 is 19.8 Å². The van der Waals surface area contributed by atoms with Crippen LogP contribution in [0.15, 0.2) is 109 Å².